The van der Waals surface area contributed by atoms with Crippen LogP contribution in [0.4, 0.5) is 34.6 Å². The van der Waals surface area contributed by atoms with Crippen molar-refractivity contribution >= 4 is 57.0 Å². The lowest BCUT2D eigenvalue weighted by molar-refractivity contribution is 0.795. The topological polar surface area (TPSA) is 87.5 Å². The first-order valence-electron chi connectivity index (χ1n) is 12.6. The van der Waals surface area contributed by atoms with Gasteiger partial charge in [0, 0.05) is 16.8 Å². The van der Waals surface area contributed by atoms with Crippen LogP contribution in [0.5, 0.6) is 0 Å². The summed E-state index contributed by atoms with van der Waals surface area (Å²) in [5.74, 6) is 0.719. The van der Waals surface area contributed by atoms with Gasteiger partial charge in [-0.05, 0) is 84.3 Å². The number of unbranched alkanes of at least 4 members (excludes halogenated alkanes) is 1. The molecule has 4 aromatic carbocycles. The smallest absolute Gasteiger partial charge is 0.233 e. The van der Waals surface area contributed by atoms with Crippen molar-refractivity contribution < 1.29 is 0 Å². The van der Waals surface area contributed by atoms with E-state index in [1.54, 1.807) is 0 Å². The molecule has 1 heterocycles. The Hall–Kier alpha value is -4.36. The number of aryl methyl sites for hydroxylation is 2. The quantitative estimate of drug-likeness (QED) is 0.189. The Balaban J connectivity index is 1.31. The predicted octanol–water partition coefficient (Wildman–Crippen LogP) is 9.23. The Morgan fingerprint density at radius 1 is 0.737 bits per heavy atom. The lowest BCUT2D eigenvalue weighted by atomic mass is 10.1. The minimum atomic E-state index is 0.101. The number of nitrogens with zero attached hydrogens (tertiary/aromatic N) is 5. The zero-order valence-corrected chi connectivity index (χ0v) is 22.1. The molecule has 0 atom stereocenters. The summed E-state index contributed by atoms with van der Waals surface area (Å²) in [6, 6.07) is 28.2. The molecule has 0 unspecified atom stereocenters. The van der Waals surface area contributed by atoms with Crippen molar-refractivity contribution in [3.8, 4) is 0 Å². The highest BCUT2D eigenvalue weighted by Crippen LogP contribution is 2.30. The van der Waals surface area contributed by atoms with E-state index in [2.05, 4.69) is 73.1 Å². The van der Waals surface area contributed by atoms with Crippen LogP contribution in [0.25, 0.3) is 10.8 Å². The first-order chi connectivity index (χ1) is 18.6. The van der Waals surface area contributed by atoms with E-state index in [-0.39, 0.29) is 5.28 Å². The van der Waals surface area contributed by atoms with Crippen LogP contribution in [0.3, 0.4) is 0 Å². The molecular weight excluding hydrogens is 494 g/mol. The molecule has 0 saturated carbocycles. The van der Waals surface area contributed by atoms with E-state index in [9.17, 15) is 0 Å². The summed E-state index contributed by atoms with van der Waals surface area (Å²) in [6.45, 7) is 4.18. The van der Waals surface area contributed by atoms with Gasteiger partial charge in [0.05, 0.1) is 11.4 Å². The zero-order valence-electron chi connectivity index (χ0n) is 21.3. The van der Waals surface area contributed by atoms with E-state index in [1.165, 1.54) is 5.56 Å². The van der Waals surface area contributed by atoms with E-state index in [1.807, 2.05) is 61.5 Å². The second kappa shape index (κ2) is 11.8. The highest BCUT2D eigenvalue weighted by molar-refractivity contribution is 6.28. The molecule has 0 saturated heterocycles. The van der Waals surface area contributed by atoms with Crippen LogP contribution in [0.2, 0.25) is 5.28 Å². The molecule has 0 bridgehead atoms. The molecular formula is C30H28ClN7. The van der Waals surface area contributed by atoms with Crippen LogP contribution in [0.15, 0.2) is 95.2 Å². The Morgan fingerprint density at radius 2 is 1.45 bits per heavy atom. The number of rotatable bonds is 9. The fourth-order valence-electron chi connectivity index (χ4n) is 4.15. The monoisotopic (exact) mass is 521 g/mol. The lowest BCUT2D eigenvalue weighted by Crippen LogP contribution is -2.04. The predicted molar refractivity (Wildman–Crippen MR) is 156 cm³/mol. The normalized spacial score (nSPS) is 11.2. The minimum absolute atomic E-state index is 0.101. The molecule has 7 nitrogen and oxygen atoms in total. The number of hydrogen-bond donors (Lipinski definition) is 2. The minimum Gasteiger partial charge on any atom is -0.324 e. The fourth-order valence-corrected chi connectivity index (χ4v) is 4.31. The summed E-state index contributed by atoms with van der Waals surface area (Å²) in [6.07, 6.45) is 3.34. The summed E-state index contributed by atoms with van der Waals surface area (Å²) in [5.41, 5.74) is 5.55. The lowest BCUT2D eigenvalue weighted by Gasteiger charge is -2.10. The summed E-state index contributed by atoms with van der Waals surface area (Å²) in [7, 11) is 0. The van der Waals surface area contributed by atoms with Crippen molar-refractivity contribution in [2.24, 2.45) is 10.2 Å². The third-order valence-electron chi connectivity index (χ3n) is 6.10. The van der Waals surface area contributed by atoms with Gasteiger partial charge in [0.15, 0.2) is 0 Å². The molecule has 0 aliphatic heterocycles. The molecule has 38 heavy (non-hydrogen) atoms. The van der Waals surface area contributed by atoms with Crippen LogP contribution in [-0.4, -0.2) is 15.0 Å². The van der Waals surface area contributed by atoms with Gasteiger partial charge in [-0.2, -0.15) is 20.1 Å². The van der Waals surface area contributed by atoms with Crippen molar-refractivity contribution in [2.45, 2.75) is 33.1 Å². The average molecular weight is 522 g/mol. The molecule has 2 N–H and O–H groups in total. The standard InChI is InChI=1S/C30H28ClN7/c1-3-4-9-21-10-7-13-23(19-21)32-29-34-28(31)35-30(36-29)33-24-16-17-26(20(2)18-24)37-38-27-15-8-12-22-11-5-6-14-25(22)27/h5-8,10-19H,3-4,9H2,1-2H3,(H2,32,33,34,35,36). The van der Waals surface area contributed by atoms with Gasteiger partial charge in [-0.1, -0.05) is 61.9 Å². The first kappa shape index (κ1) is 25.3. The number of azo groups is 1. The van der Waals surface area contributed by atoms with Crippen molar-refractivity contribution in [1.29, 1.82) is 0 Å². The number of anilines is 4. The Labute approximate surface area is 227 Å². The molecule has 0 radical (unpaired) electrons. The van der Waals surface area contributed by atoms with Gasteiger partial charge >= 0.3 is 0 Å². The number of nitrogens with one attached hydrogen (secondary N) is 2. The third-order valence-corrected chi connectivity index (χ3v) is 6.26. The maximum Gasteiger partial charge on any atom is 0.233 e. The van der Waals surface area contributed by atoms with Crippen molar-refractivity contribution in [3.63, 3.8) is 0 Å². The Morgan fingerprint density at radius 3 is 2.24 bits per heavy atom. The molecule has 0 spiro atoms. The van der Waals surface area contributed by atoms with Crippen LogP contribution in [0.1, 0.15) is 30.9 Å². The fraction of sp³-hybridized carbons (Fsp3) is 0.167. The zero-order chi connectivity index (χ0) is 26.3. The van der Waals surface area contributed by atoms with E-state index >= 15 is 0 Å². The van der Waals surface area contributed by atoms with Gasteiger partial charge < -0.3 is 10.6 Å². The van der Waals surface area contributed by atoms with Gasteiger partial charge in [-0.15, -0.1) is 5.11 Å². The Kier molecular flexibility index (Phi) is 7.85. The molecule has 8 heteroatoms. The molecule has 1 aromatic heterocycles. The van der Waals surface area contributed by atoms with E-state index in [0.29, 0.717) is 11.9 Å². The molecule has 0 fully saturated rings. The Bertz CT molecular complexity index is 1590. The second-order valence-corrected chi connectivity index (χ2v) is 9.34. The summed E-state index contributed by atoms with van der Waals surface area (Å²) in [5, 5.41) is 17.8. The van der Waals surface area contributed by atoms with E-state index in [0.717, 1.165) is 58.3 Å². The van der Waals surface area contributed by atoms with Gasteiger partial charge in [0.1, 0.15) is 0 Å². The first-order valence-corrected chi connectivity index (χ1v) is 13.0. The van der Waals surface area contributed by atoms with E-state index in [4.69, 9.17) is 11.6 Å². The molecule has 190 valence electrons. The summed E-state index contributed by atoms with van der Waals surface area (Å²) < 4.78 is 0. The van der Waals surface area contributed by atoms with Crippen LogP contribution < -0.4 is 10.6 Å². The summed E-state index contributed by atoms with van der Waals surface area (Å²) >= 11 is 6.21. The number of aromatic nitrogens is 3. The number of benzene rings is 4. The third kappa shape index (κ3) is 6.30. The number of hydrogen-bond acceptors (Lipinski definition) is 7. The van der Waals surface area contributed by atoms with Gasteiger partial charge in [0.2, 0.25) is 17.2 Å². The van der Waals surface area contributed by atoms with Gasteiger partial charge in [-0.25, -0.2) is 0 Å². The molecule has 0 aliphatic carbocycles. The summed E-state index contributed by atoms with van der Waals surface area (Å²) in [4.78, 5) is 13.0. The van der Waals surface area contributed by atoms with Crippen molar-refractivity contribution in [2.75, 3.05) is 10.6 Å². The number of fused-ring (bicyclic) bond motifs is 1. The highest BCUT2D eigenvalue weighted by atomic mass is 35.5. The van der Waals surface area contributed by atoms with Crippen molar-refractivity contribution in [3.05, 3.63) is 101 Å². The molecule has 0 amide bonds. The largest absolute Gasteiger partial charge is 0.324 e. The SMILES string of the molecule is CCCCc1cccc(Nc2nc(Cl)nc(Nc3ccc(N=Nc4cccc5ccccc45)c(C)c3)n2)c1. The average Bonchev–Trinajstić information content (AvgIpc) is 2.91. The maximum atomic E-state index is 6.21. The van der Waals surface area contributed by atoms with Crippen molar-refractivity contribution in [1.82, 2.24) is 15.0 Å². The maximum absolute atomic E-state index is 6.21. The highest BCUT2D eigenvalue weighted by Gasteiger charge is 2.08. The number of halogens is 1. The van der Waals surface area contributed by atoms with Gasteiger partial charge in [-0.3, -0.25) is 0 Å². The molecule has 5 aromatic rings. The van der Waals surface area contributed by atoms with Crippen LogP contribution >= 0.6 is 11.6 Å². The van der Waals surface area contributed by atoms with Crippen LogP contribution in [-0.2, 0) is 6.42 Å². The van der Waals surface area contributed by atoms with E-state index < -0.39 is 0 Å². The molecule has 5 rings (SSSR count). The second-order valence-electron chi connectivity index (χ2n) is 9.01. The van der Waals surface area contributed by atoms with Gasteiger partial charge in [0.25, 0.3) is 0 Å². The van der Waals surface area contributed by atoms with Crippen LogP contribution in [0, 0.1) is 6.92 Å². The molecule has 0 aliphatic rings.